The number of benzene rings is 2. The average Bonchev–Trinajstić information content (AvgIpc) is 2.74. The highest BCUT2D eigenvalue weighted by molar-refractivity contribution is 5.89. The van der Waals surface area contributed by atoms with Gasteiger partial charge in [0.05, 0.1) is 5.69 Å². The van der Waals surface area contributed by atoms with Crippen molar-refractivity contribution in [3.8, 4) is 11.3 Å². The summed E-state index contributed by atoms with van der Waals surface area (Å²) in [5.41, 5.74) is 3.14. The van der Waals surface area contributed by atoms with Gasteiger partial charge in [-0.15, -0.1) is 0 Å². The van der Waals surface area contributed by atoms with Crippen LogP contribution in [0.2, 0.25) is 0 Å². The fourth-order valence-corrected chi connectivity index (χ4v) is 3.20. The Labute approximate surface area is 182 Å². The predicted octanol–water partition coefficient (Wildman–Crippen LogP) is 3.38. The second kappa shape index (κ2) is 10.5. The second-order valence-electron chi connectivity index (χ2n) is 7.75. The third-order valence-electron chi connectivity index (χ3n) is 4.91. The summed E-state index contributed by atoms with van der Waals surface area (Å²) in [4.78, 5) is 35.5. The molecule has 0 aliphatic carbocycles. The minimum Gasteiger partial charge on any atom is -0.323 e. The fraction of sp³-hybridized carbons (Fsp3) is 0.292. The molecule has 0 aliphatic rings. The summed E-state index contributed by atoms with van der Waals surface area (Å²) >= 11 is 0. The topological polar surface area (TPSA) is 81.3 Å². The monoisotopic (exact) mass is 419 g/mol. The molecule has 162 valence electrons. The fourth-order valence-electron chi connectivity index (χ4n) is 3.20. The van der Waals surface area contributed by atoms with Gasteiger partial charge in [-0.2, -0.15) is 0 Å². The first-order valence-electron chi connectivity index (χ1n) is 10.3. The number of carbonyl (C=O) groups is 1. The van der Waals surface area contributed by atoms with E-state index in [1.54, 1.807) is 6.92 Å². The van der Waals surface area contributed by atoms with Crippen molar-refractivity contribution in [1.29, 1.82) is 0 Å². The summed E-state index contributed by atoms with van der Waals surface area (Å²) in [6.07, 6.45) is 0.800. The van der Waals surface area contributed by atoms with Crippen LogP contribution in [0.4, 0.5) is 10.5 Å². The normalized spacial score (nSPS) is 10.8. The molecule has 0 fully saturated rings. The van der Waals surface area contributed by atoms with E-state index in [4.69, 9.17) is 0 Å². The van der Waals surface area contributed by atoms with Gasteiger partial charge in [-0.3, -0.25) is 4.79 Å². The average molecular weight is 420 g/mol. The molecule has 1 aromatic heterocycles. The maximum atomic E-state index is 12.9. The molecule has 0 aliphatic heterocycles. The Balaban J connectivity index is 1.67. The molecule has 0 atom stereocenters. The van der Waals surface area contributed by atoms with Gasteiger partial charge in [0, 0.05) is 37.0 Å². The minimum atomic E-state index is -0.185. The zero-order valence-corrected chi connectivity index (χ0v) is 18.3. The molecule has 0 bridgehead atoms. The molecule has 3 rings (SSSR count). The minimum absolute atomic E-state index is 0.129. The largest absolute Gasteiger partial charge is 0.323 e. The lowest BCUT2D eigenvalue weighted by molar-refractivity contribution is 0.205. The van der Waals surface area contributed by atoms with E-state index in [2.05, 4.69) is 32.3 Å². The number of aryl methyl sites for hydroxylation is 1. The maximum Gasteiger partial charge on any atom is 0.321 e. The number of nitrogens with one attached hydrogen (secondary N) is 2. The molecule has 7 heteroatoms. The molecule has 2 N–H and O–H groups in total. The Morgan fingerprint density at radius 1 is 1.00 bits per heavy atom. The first-order chi connectivity index (χ1) is 14.9. The van der Waals surface area contributed by atoms with Crippen LogP contribution in [0.25, 0.3) is 11.3 Å². The van der Waals surface area contributed by atoms with Gasteiger partial charge in [0.1, 0.15) is 5.82 Å². The number of H-pyrrole nitrogens is 1. The van der Waals surface area contributed by atoms with Crippen LogP contribution in [0.15, 0.2) is 65.5 Å². The van der Waals surface area contributed by atoms with Gasteiger partial charge in [-0.1, -0.05) is 42.5 Å². The van der Waals surface area contributed by atoms with Crippen LogP contribution in [0.5, 0.6) is 0 Å². The molecule has 2 amide bonds. The number of amides is 2. The molecule has 0 spiro atoms. The number of hydrogen-bond donors (Lipinski definition) is 2. The molecular weight excluding hydrogens is 390 g/mol. The van der Waals surface area contributed by atoms with E-state index >= 15 is 0 Å². The lowest BCUT2D eigenvalue weighted by atomic mass is 10.1. The van der Waals surface area contributed by atoms with Gasteiger partial charge >= 0.3 is 6.03 Å². The number of hydrogen-bond acceptors (Lipinski definition) is 4. The van der Waals surface area contributed by atoms with Gasteiger partial charge in [0.2, 0.25) is 0 Å². The number of rotatable bonds is 8. The number of nitrogens with zero attached hydrogens (tertiary/aromatic N) is 3. The molecule has 1 heterocycles. The molecule has 0 radical (unpaired) electrons. The van der Waals surface area contributed by atoms with Crippen molar-refractivity contribution in [1.82, 2.24) is 19.8 Å². The first kappa shape index (κ1) is 22.2. The zero-order valence-electron chi connectivity index (χ0n) is 18.3. The third kappa shape index (κ3) is 6.79. The van der Waals surface area contributed by atoms with E-state index in [-0.39, 0.29) is 11.6 Å². The Morgan fingerprint density at radius 2 is 1.71 bits per heavy atom. The van der Waals surface area contributed by atoms with Crippen molar-refractivity contribution in [2.24, 2.45) is 0 Å². The number of likely N-dealkylation sites (N-methyl/N-ethyl adjacent to an activating group) is 1. The zero-order chi connectivity index (χ0) is 22.2. The van der Waals surface area contributed by atoms with Crippen LogP contribution >= 0.6 is 0 Å². The molecule has 0 saturated carbocycles. The van der Waals surface area contributed by atoms with Crippen LogP contribution in [0.1, 0.15) is 11.4 Å². The van der Waals surface area contributed by atoms with E-state index in [0.717, 1.165) is 18.5 Å². The van der Waals surface area contributed by atoms with Gasteiger partial charge in [-0.25, -0.2) is 9.78 Å². The van der Waals surface area contributed by atoms with Gasteiger partial charge in [-0.05, 0) is 45.1 Å². The number of urea groups is 1. The van der Waals surface area contributed by atoms with Crippen molar-refractivity contribution < 1.29 is 4.79 Å². The Kier molecular flexibility index (Phi) is 7.56. The highest BCUT2D eigenvalue weighted by Gasteiger charge is 2.14. The van der Waals surface area contributed by atoms with Crippen molar-refractivity contribution in [2.45, 2.75) is 13.3 Å². The summed E-state index contributed by atoms with van der Waals surface area (Å²) in [7, 11) is 3.99. The Hall–Kier alpha value is -3.45. The number of aromatic amines is 1. The molecule has 3 aromatic rings. The summed E-state index contributed by atoms with van der Waals surface area (Å²) in [5.74, 6) is 0.565. The van der Waals surface area contributed by atoms with E-state index in [9.17, 15) is 9.59 Å². The lowest BCUT2D eigenvalue weighted by Crippen LogP contribution is -2.40. The number of aromatic nitrogens is 2. The van der Waals surface area contributed by atoms with E-state index in [1.165, 1.54) is 11.6 Å². The van der Waals surface area contributed by atoms with Crippen LogP contribution in [0, 0.1) is 6.92 Å². The molecule has 31 heavy (non-hydrogen) atoms. The summed E-state index contributed by atoms with van der Waals surface area (Å²) < 4.78 is 0. The predicted molar refractivity (Wildman–Crippen MR) is 124 cm³/mol. The molecule has 2 aromatic carbocycles. The quantitative estimate of drug-likeness (QED) is 0.587. The first-order valence-corrected chi connectivity index (χ1v) is 10.3. The molecule has 0 saturated heterocycles. The number of anilines is 1. The van der Waals surface area contributed by atoms with Crippen LogP contribution < -0.4 is 10.9 Å². The van der Waals surface area contributed by atoms with Gasteiger partial charge in [0.25, 0.3) is 5.56 Å². The second-order valence-corrected chi connectivity index (χ2v) is 7.75. The molecular formula is C24H29N5O2. The van der Waals surface area contributed by atoms with E-state index in [1.807, 2.05) is 61.5 Å². The number of carbonyl (C=O) groups excluding carboxylic acids is 1. The van der Waals surface area contributed by atoms with Crippen molar-refractivity contribution in [2.75, 3.05) is 39.0 Å². The molecule has 7 nitrogen and oxygen atoms in total. The van der Waals surface area contributed by atoms with Crippen molar-refractivity contribution in [3.63, 3.8) is 0 Å². The maximum absolute atomic E-state index is 12.9. The van der Waals surface area contributed by atoms with Gasteiger partial charge in [0.15, 0.2) is 0 Å². The van der Waals surface area contributed by atoms with Crippen LogP contribution in [0.3, 0.4) is 0 Å². The summed E-state index contributed by atoms with van der Waals surface area (Å²) in [5, 5.41) is 2.98. The van der Waals surface area contributed by atoms with E-state index in [0.29, 0.717) is 30.3 Å². The SMILES string of the molecule is Cc1nc(-c2ccc(NC(=O)N(CCc3ccccc3)CCN(C)C)cc2)cc(=O)[nH]1. The smallest absolute Gasteiger partial charge is 0.321 e. The molecule has 0 unspecified atom stereocenters. The van der Waals surface area contributed by atoms with Gasteiger partial charge < -0.3 is 20.1 Å². The Bertz CT molecular complexity index is 1050. The standard InChI is InChI=1S/C24H29N5O2/c1-18-25-22(17-23(30)26-18)20-9-11-21(12-10-20)27-24(31)29(16-15-28(2)3)14-13-19-7-5-4-6-8-19/h4-12,17H,13-16H2,1-3H3,(H,27,31)(H,25,26,30). The highest BCUT2D eigenvalue weighted by Crippen LogP contribution is 2.19. The third-order valence-corrected chi connectivity index (χ3v) is 4.91. The highest BCUT2D eigenvalue weighted by atomic mass is 16.2. The lowest BCUT2D eigenvalue weighted by Gasteiger charge is -2.25. The Morgan fingerprint density at radius 3 is 2.35 bits per heavy atom. The van der Waals surface area contributed by atoms with Crippen LogP contribution in [-0.4, -0.2) is 59.5 Å². The summed E-state index contributed by atoms with van der Waals surface area (Å²) in [6.45, 7) is 3.81. The van der Waals surface area contributed by atoms with Crippen LogP contribution in [-0.2, 0) is 6.42 Å². The van der Waals surface area contributed by atoms with Crippen molar-refractivity contribution in [3.05, 3.63) is 82.4 Å². The summed E-state index contributed by atoms with van der Waals surface area (Å²) in [6, 6.07) is 18.9. The van der Waals surface area contributed by atoms with Crippen molar-refractivity contribution >= 4 is 11.7 Å². The van der Waals surface area contributed by atoms with E-state index < -0.39 is 0 Å².